The molecule has 1 aliphatic heterocycles. The van der Waals surface area contributed by atoms with Crippen molar-refractivity contribution in [3.8, 4) is 0 Å². The van der Waals surface area contributed by atoms with Crippen LogP contribution in [-0.4, -0.2) is 22.7 Å². The van der Waals surface area contributed by atoms with E-state index in [1.165, 1.54) is 0 Å². The lowest BCUT2D eigenvalue weighted by molar-refractivity contribution is -0.124. The number of nitrogens with zero attached hydrogens (tertiary/aromatic N) is 1. The number of nitrogens with one attached hydrogen (secondary N) is 1. The third kappa shape index (κ3) is 2.65. The van der Waals surface area contributed by atoms with Gasteiger partial charge in [-0.25, -0.2) is 0 Å². The molecule has 3 amide bonds. The lowest BCUT2D eigenvalue weighted by Gasteiger charge is -2.15. The van der Waals surface area contributed by atoms with Crippen LogP contribution in [-0.2, 0) is 4.79 Å². The minimum atomic E-state index is -0.474. The van der Waals surface area contributed by atoms with E-state index in [4.69, 9.17) is 0 Å². The summed E-state index contributed by atoms with van der Waals surface area (Å²) in [7, 11) is 0. The Morgan fingerprint density at radius 3 is 2.16 bits per heavy atom. The molecule has 0 saturated carbocycles. The van der Waals surface area contributed by atoms with E-state index in [2.05, 4.69) is 5.43 Å². The highest BCUT2D eigenvalue weighted by molar-refractivity contribution is 6.21. The van der Waals surface area contributed by atoms with E-state index in [9.17, 15) is 14.4 Å². The highest BCUT2D eigenvalue weighted by Crippen LogP contribution is 2.20. The van der Waals surface area contributed by atoms with Crippen LogP contribution in [0, 0.1) is 5.92 Å². The Balaban J connectivity index is 2.06. The van der Waals surface area contributed by atoms with Crippen molar-refractivity contribution in [1.82, 2.24) is 10.4 Å². The maximum absolute atomic E-state index is 12.0. The third-order valence-electron chi connectivity index (χ3n) is 2.98. The van der Waals surface area contributed by atoms with Crippen molar-refractivity contribution in [1.29, 1.82) is 0 Å². The molecule has 1 aromatic carbocycles. The summed E-state index contributed by atoms with van der Waals surface area (Å²) in [5, 5.41) is 0.799. The number of carbonyl (C=O) groups excluding carboxylic acids is 3. The number of fused-ring (bicyclic) bond motifs is 1. The number of hydrogen-bond acceptors (Lipinski definition) is 3. The van der Waals surface area contributed by atoms with E-state index >= 15 is 0 Å². The van der Waals surface area contributed by atoms with E-state index in [1.807, 2.05) is 13.8 Å². The predicted molar refractivity (Wildman–Crippen MR) is 69.2 cm³/mol. The predicted octanol–water partition coefficient (Wildman–Crippen LogP) is 1.75. The summed E-state index contributed by atoms with van der Waals surface area (Å²) in [5.74, 6) is -0.867. The van der Waals surface area contributed by atoms with Gasteiger partial charge in [0.1, 0.15) is 0 Å². The topological polar surface area (TPSA) is 66.5 Å². The van der Waals surface area contributed by atoms with Gasteiger partial charge in [-0.1, -0.05) is 26.0 Å². The van der Waals surface area contributed by atoms with Gasteiger partial charge in [0.2, 0.25) is 5.91 Å². The van der Waals surface area contributed by atoms with Gasteiger partial charge >= 0.3 is 0 Å². The maximum Gasteiger partial charge on any atom is 0.280 e. The van der Waals surface area contributed by atoms with Gasteiger partial charge in [0.25, 0.3) is 11.8 Å². The Bertz CT molecular complexity index is 502. The zero-order valence-electron chi connectivity index (χ0n) is 11.0. The Kier molecular flexibility index (Phi) is 3.64. The fourth-order valence-corrected chi connectivity index (χ4v) is 1.89. The van der Waals surface area contributed by atoms with E-state index in [1.54, 1.807) is 24.3 Å². The molecule has 0 aromatic heterocycles. The molecule has 1 aliphatic rings. The molecule has 5 heteroatoms. The number of carbonyl (C=O) groups is 3. The maximum atomic E-state index is 12.0. The first-order valence-electron chi connectivity index (χ1n) is 6.28. The van der Waals surface area contributed by atoms with Gasteiger partial charge in [0, 0.05) is 6.42 Å². The average molecular weight is 260 g/mol. The molecule has 19 heavy (non-hydrogen) atoms. The van der Waals surface area contributed by atoms with Crippen LogP contribution in [0.25, 0.3) is 0 Å². The second-order valence-corrected chi connectivity index (χ2v) is 4.96. The molecule has 0 unspecified atom stereocenters. The average Bonchev–Trinajstić information content (AvgIpc) is 2.62. The molecular weight excluding hydrogens is 244 g/mol. The van der Waals surface area contributed by atoms with E-state index in [0.29, 0.717) is 23.5 Å². The Hall–Kier alpha value is -2.17. The zero-order valence-corrected chi connectivity index (χ0v) is 11.0. The van der Waals surface area contributed by atoms with Crippen molar-refractivity contribution in [2.75, 3.05) is 0 Å². The van der Waals surface area contributed by atoms with Crippen molar-refractivity contribution in [3.05, 3.63) is 35.4 Å². The van der Waals surface area contributed by atoms with Gasteiger partial charge in [-0.2, -0.15) is 5.01 Å². The summed E-state index contributed by atoms with van der Waals surface area (Å²) in [4.78, 5) is 35.6. The molecule has 0 saturated heterocycles. The molecule has 0 fully saturated rings. The summed E-state index contributed by atoms with van der Waals surface area (Å²) >= 11 is 0. The van der Waals surface area contributed by atoms with Gasteiger partial charge in [-0.05, 0) is 24.5 Å². The fraction of sp³-hybridized carbons (Fsp3) is 0.357. The number of benzene rings is 1. The van der Waals surface area contributed by atoms with E-state index in [0.717, 1.165) is 11.4 Å². The van der Waals surface area contributed by atoms with Crippen LogP contribution >= 0.6 is 0 Å². The Morgan fingerprint density at radius 2 is 1.68 bits per heavy atom. The Morgan fingerprint density at radius 1 is 1.16 bits per heavy atom. The number of rotatable bonds is 4. The highest BCUT2D eigenvalue weighted by atomic mass is 16.2. The van der Waals surface area contributed by atoms with Crippen LogP contribution in [0.5, 0.6) is 0 Å². The SMILES string of the molecule is CC(C)CCC(=O)NN1C(=O)c2ccccc2C1=O. The number of imide groups is 1. The lowest BCUT2D eigenvalue weighted by Crippen LogP contribution is -2.45. The van der Waals surface area contributed by atoms with Crippen LogP contribution in [0.15, 0.2) is 24.3 Å². The largest absolute Gasteiger partial charge is 0.280 e. The van der Waals surface area contributed by atoms with Crippen molar-refractivity contribution < 1.29 is 14.4 Å². The molecule has 0 aliphatic carbocycles. The second-order valence-electron chi connectivity index (χ2n) is 4.96. The first-order valence-corrected chi connectivity index (χ1v) is 6.28. The molecular formula is C14H16N2O3. The molecule has 1 heterocycles. The fourth-order valence-electron chi connectivity index (χ4n) is 1.89. The van der Waals surface area contributed by atoms with Crippen LogP contribution < -0.4 is 5.43 Å². The van der Waals surface area contributed by atoms with Crippen molar-refractivity contribution >= 4 is 17.7 Å². The molecule has 5 nitrogen and oxygen atoms in total. The van der Waals surface area contributed by atoms with Crippen LogP contribution in [0.2, 0.25) is 0 Å². The first-order chi connectivity index (χ1) is 9.00. The first kappa shape index (κ1) is 13.3. The lowest BCUT2D eigenvalue weighted by atomic mass is 10.1. The van der Waals surface area contributed by atoms with Crippen LogP contribution in [0.4, 0.5) is 0 Å². The summed E-state index contributed by atoms with van der Waals surface area (Å²) in [6.07, 6.45) is 1.01. The minimum absolute atomic E-state index is 0.297. The molecule has 2 rings (SSSR count). The molecule has 0 spiro atoms. The summed E-state index contributed by atoms with van der Waals surface area (Å²) < 4.78 is 0. The summed E-state index contributed by atoms with van der Waals surface area (Å²) in [6.45, 7) is 4.02. The molecule has 100 valence electrons. The molecule has 0 atom stereocenters. The monoisotopic (exact) mass is 260 g/mol. The highest BCUT2D eigenvalue weighted by Gasteiger charge is 2.36. The molecule has 0 radical (unpaired) electrons. The second kappa shape index (κ2) is 5.22. The smallest absolute Gasteiger partial charge is 0.273 e. The number of hydrazine groups is 1. The normalized spacial score (nSPS) is 13.9. The van der Waals surface area contributed by atoms with Gasteiger partial charge in [-0.15, -0.1) is 0 Å². The van der Waals surface area contributed by atoms with Gasteiger partial charge in [-0.3, -0.25) is 19.8 Å². The van der Waals surface area contributed by atoms with Gasteiger partial charge in [0.15, 0.2) is 0 Å². The number of hydrogen-bond donors (Lipinski definition) is 1. The Labute approximate surface area is 111 Å². The van der Waals surface area contributed by atoms with Crippen LogP contribution in [0.1, 0.15) is 47.4 Å². The van der Waals surface area contributed by atoms with Gasteiger partial charge < -0.3 is 0 Å². The van der Waals surface area contributed by atoms with Crippen molar-refractivity contribution in [2.24, 2.45) is 5.92 Å². The third-order valence-corrected chi connectivity index (χ3v) is 2.98. The van der Waals surface area contributed by atoms with Crippen molar-refractivity contribution in [2.45, 2.75) is 26.7 Å². The zero-order chi connectivity index (χ0) is 14.0. The van der Waals surface area contributed by atoms with E-state index < -0.39 is 11.8 Å². The van der Waals surface area contributed by atoms with E-state index in [-0.39, 0.29) is 5.91 Å². The van der Waals surface area contributed by atoms with Crippen LogP contribution in [0.3, 0.4) is 0 Å². The van der Waals surface area contributed by atoms with Crippen molar-refractivity contribution in [3.63, 3.8) is 0 Å². The molecule has 1 N–H and O–H groups in total. The summed E-state index contributed by atoms with van der Waals surface area (Å²) in [5.41, 5.74) is 3.04. The minimum Gasteiger partial charge on any atom is -0.273 e. The quantitative estimate of drug-likeness (QED) is 0.839. The standard InChI is InChI=1S/C14H16N2O3/c1-9(2)7-8-12(17)15-16-13(18)10-5-3-4-6-11(10)14(16)19/h3-6,9H,7-8H2,1-2H3,(H,15,17). The molecule has 0 bridgehead atoms. The summed E-state index contributed by atoms with van der Waals surface area (Å²) in [6, 6.07) is 6.54. The van der Waals surface area contributed by atoms with Gasteiger partial charge in [0.05, 0.1) is 11.1 Å². The number of amides is 3. The molecule has 1 aromatic rings.